The van der Waals surface area contributed by atoms with Crippen LogP contribution >= 0.6 is 15.9 Å². The molecule has 1 aromatic carbocycles. The van der Waals surface area contributed by atoms with Gasteiger partial charge in [-0.1, -0.05) is 15.9 Å². The Labute approximate surface area is 123 Å². The quantitative estimate of drug-likeness (QED) is 0.912. The molecule has 0 saturated carbocycles. The number of halogens is 1. The van der Waals surface area contributed by atoms with E-state index >= 15 is 0 Å². The summed E-state index contributed by atoms with van der Waals surface area (Å²) >= 11 is 3.30. The largest absolute Gasteiger partial charge is 0.304 e. The highest BCUT2D eigenvalue weighted by Gasteiger charge is 2.26. The molecule has 1 N–H and O–H groups in total. The minimum absolute atomic E-state index is 0.0276. The zero-order valence-corrected chi connectivity index (χ0v) is 13.5. The maximum absolute atomic E-state index is 12.3. The molecule has 106 valence electrons. The monoisotopic (exact) mass is 346 g/mol. The summed E-state index contributed by atoms with van der Waals surface area (Å²) < 4.78 is 28.2. The van der Waals surface area contributed by atoms with Gasteiger partial charge in [0, 0.05) is 16.6 Å². The lowest BCUT2D eigenvalue weighted by Crippen LogP contribution is -2.47. The van der Waals surface area contributed by atoms with Crippen molar-refractivity contribution in [2.24, 2.45) is 0 Å². The zero-order valence-electron chi connectivity index (χ0n) is 11.1. The van der Waals surface area contributed by atoms with Crippen LogP contribution in [0.3, 0.4) is 0 Å². The van der Waals surface area contributed by atoms with E-state index in [1.54, 1.807) is 24.3 Å². The van der Waals surface area contributed by atoms with Crippen LogP contribution in [0.4, 0.5) is 0 Å². The van der Waals surface area contributed by atoms with Gasteiger partial charge in [-0.25, -0.2) is 13.1 Å². The van der Waals surface area contributed by atoms with E-state index in [4.69, 9.17) is 0 Å². The molecule has 4 nitrogen and oxygen atoms in total. The molecule has 19 heavy (non-hydrogen) atoms. The minimum atomic E-state index is -3.41. The molecule has 1 aliphatic heterocycles. The van der Waals surface area contributed by atoms with Crippen LogP contribution in [0, 0.1) is 0 Å². The number of piperidine rings is 1. The molecule has 1 aliphatic rings. The first kappa shape index (κ1) is 15.0. The predicted molar refractivity (Wildman–Crippen MR) is 79.6 cm³/mol. The van der Waals surface area contributed by atoms with Crippen LogP contribution in [0.1, 0.15) is 19.8 Å². The van der Waals surface area contributed by atoms with Gasteiger partial charge >= 0.3 is 0 Å². The molecule has 0 amide bonds. The van der Waals surface area contributed by atoms with Gasteiger partial charge in [-0.15, -0.1) is 0 Å². The molecule has 1 heterocycles. The van der Waals surface area contributed by atoms with E-state index in [2.05, 4.69) is 39.5 Å². The number of nitrogens with one attached hydrogen (secondary N) is 1. The molecule has 0 aliphatic carbocycles. The van der Waals surface area contributed by atoms with Gasteiger partial charge in [0.1, 0.15) is 0 Å². The second-order valence-electron chi connectivity index (χ2n) is 5.13. The average Bonchev–Trinajstić information content (AvgIpc) is 2.34. The summed E-state index contributed by atoms with van der Waals surface area (Å²) in [6.07, 6.45) is 1.71. The van der Waals surface area contributed by atoms with Crippen LogP contribution < -0.4 is 4.72 Å². The van der Waals surface area contributed by atoms with Gasteiger partial charge in [0.15, 0.2) is 0 Å². The molecule has 2 atom stereocenters. The Hall–Kier alpha value is -0.430. The summed E-state index contributed by atoms with van der Waals surface area (Å²) in [6.45, 7) is 3.05. The van der Waals surface area contributed by atoms with Crippen LogP contribution in [0.5, 0.6) is 0 Å². The van der Waals surface area contributed by atoms with Crippen molar-refractivity contribution in [2.45, 2.75) is 36.7 Å². The lowest BCUT2D eigenvalue weighted by atomic mass is 10.0. The van der Waals surface area contributed by atoms with E-state index in [1.807, 2.05) is 0 Å². The van der Waals surface area contributed by atoms with Crippen molar-refractivity contribution in [3.05, 3.63) is 28.7 Å². The van der Waals surface area contributed by atoms with Crippen LogP contribution in [0.15, 0.2) is 33.6 Å². The number of benzene rings is 1. The van der Waals surface area contributed by atoms with Gasteiger partial charge in [-0.2, -0.15) is 0 Å². The van der Waals surface area contributed by atoms with Crippen molar-refractivity contribution in [2.75, 3.05) is 13.6 Å². The summed E-state index contributed by atoms with van der Waals surface area (Å²) in [6, 6.07) is 7.15. The lowest BCUT2D eigenvalue weighted by molar-refractivity contribution is 0.178. The van der Waals surface area contributed by atoms with Gasteiger partial charge in [0.2, 0.25) is 10.0 Å². The third-order valence-electron chi connectivity index (χ3n) is 3.65. The molecule has 0 bridgehead atoms. The second kappa shape index (κ2) is 5.91. The molecule has 2 unspecified atom stereocenters. The molecular weight excluding hydrogens is 328 g/mol. The molecule has 1 fully saturated rings. The van der Waals surface area contributed by atoms with E-state index in [1.165, 1.54) is 0 Å². The molecule has 0 aromatic heterocycles. The van der Waals surface area contributed by atoms with Crippen molar-refractivity contribution < 1.29 is 8.42 Å². The van der Waals surface area contributed by atoms with Crippen molar-refractivity contribution in [1.82, 2.24) is 9.62 Å². The predicted octanol–water partition coefficient (Wildman–Crippen LogP) is 2.21. The number of sulfonamides is 1. The Kier molecular flexibility index (Phi) is 4.66. The standard InChI is InChI=1S/C13H19BrN2O2S/c1-10-9-12(7-8-16(10)2)15-19(17,18)13-5-3-11(14)4-6-13/h3-6,10,12,15H,7-9H2,1-2H3. The number of nitrogens with zero attached hydrogens (tertiary/aromatic N) is 1. The van der Waals surface area contributed by atoms with E-state index in [0.29, 0.717) is 10.9 Å². The van der Waals surface area contributed by atoms with Crippen LogP contribution in [0.2, 0.25) is 0 Å². The van der Waals surface area contributed by atoms with E-state index < -0.39 is 10.0 Å². The normalized spacial score (nSPS) is 25.4. The maximum atomic E-state index is 12.3. The lowest BCUT2D eigenvalue weighted by Gasteiger charge is -2.35. The Morgan fingerprint density at radius 2 is 1.95 bits per heavy atom. The molecule has 6 heteroatoms. The van der Waals surface area contributed by atoms with Crippen molar-refractivity contribution in [3.63, 3.8) is 0 Å². The van der Waals surface area contributed by atoms with Gasteiger partial charge in [-0.3, -0.25) is 0 Å². The molecule has 0 spiro atoms. The average molecular weight is 347 g/mol. The number of hydrogen-bond acceptors (Lipinski definition) is 3. The van der Waals surface area contributed by atoms with E-state index in [9.17, 15) is 8.42 Å². The summed E-state index contributed by atoms with van der Waals surface area (Å²) in [5, 5.41) is 0. The van der Waals surface area contributed by atoms with Crippen LogP contribution in [0.25, 0.3) is 0 Å². The van der Waals surface area contributed by atoms with Crippen molar-refractivity contribution in [1.29, 1.82) is 0 Å². The third-order valence-corrected chi connectivity index (χ3v) is 5.72. The molecule has 0 radical (unpaired) electrons. The minimum Gasteiger partial charge on any atom is -0.304 e. The SMILES string of the molecule is CC1CC(NS(=O)(=O)c2ccc(Br)cc2)CCN1C. The smallest absolute Gasteiger partial charge is 0.240 e. The van der Waals surface area contributed by atoms with Crippen LogP contribution in [-0.4, -0.2) is 39.0 Å². The molecular formula is C13H19BrN2O2S. The summed E-state index contributed by atoms with van der Waals surface area (Å²) in [5.74, 6) is 0. The van der Waals surface area contributed by atoms with Crippen LogP contribution in [-0.2, 0) is 10.0 Å². The highest BCUT2D eigenvalue weighted by atomic mass is 79.9. The number of hydrogen-bond donors (Lipinski definition) is 1. The Balaban J connectivity index is 2.07. The van der Waals surface area contributed by atoms with Crippen molar-refractivity contribution >= 4 is 26.0 Å². The third kappa shape index (κ3) is 3.78. The van der Waals surface area contributed by atoms with E-state index in [0.717, 1.165) is 23.9 Å². The Bertz CT molecular complexity index is 530. The second-order valence-corrected chi connectivity index (χ2v) is 7.76. The Morgan fingerprint density at radius 3 is 2.53 bits per heavy atom. The van der Waals surface area contributed by atoms with Gasteiger partial charge in [0.25, 0.3) is 0 Å². The van der Waals surface area contributed by atoms with E-state index in [-0.39, 0.29) is 6.04 Å². The number of likely N-dealkylation sites (tertiary alicyclic amines) is 1. The first-order valence-electron chi connectivity index (χ1n) is 6.36. The highest BCUT2D eigenvalue weighted by molar-refractivity contribution is 9.10. The fraction of sp³-hybridized carbons (Fsp3) is 0.538. The molecule has 2 rings (SSSR count). The van der Waals surface area contributed by atoms with Gasteiger partial charge < -0.3 is 4.90 Å². The first-order chi connectivity index (χ1) is 8.88. The zero-order chi connectivity index (χ0) is 14.0. The summed E-state index contributed by atoms with van der Waals surface area (Å²) in [4.78, 5) is 2.58. The fourth-order valence-electron chi connectivity index (χ4n) is 2.30. The summed E-state index contributed by atoms with van der Waals surface area (Å²) in [7, 11) is -1.33. The Morgan fingerprint density at radius 1 is 1.32 bits per heavy atom. The number of rotatable bonds is 3. The highest BCUT2D eigenvalue weighted by Crippen LogP contribution is 2.19. The maximum Gasteiger partial charge on any atom is 0.240 e. The first-order valence-corrected chi connectivity index (χ1v) is 8.64. The van der Waals surface area contributed by atoms with Gasteiger partial charge in [-0.05, 0) is 57.6 Å². The van der Waals surface area contributed by atoms with Gasteiger partial charge in [0.05, 0.1) is 4.90 Å². The van der Waals surface area contributed by atoms with Crippen molar-refractivity contribution in [3.8, 4) is 0 Å². The topological polar surface area (TPSA) is 49.4 Å². The fourth-order valence-corrected chi connectivity index (χ4v) is 3.85. The molecule has 1 aromatic rings. The molecule has 1 saturated heterocycles. The summed E-state index contributed by atoms with van der Waals surface area (Å²) in [5.41, 5.74) is 0.